The van der Waals surface area contributed by atoms with Crippen LogP contribution in [0.25, 0.3) is 0 Å². The van der Waals surface area contributed by atoms with Crippen molar-refractivity contribution in [3.05, 3.63) is 52.5 Å². The molecule has 0 fully saturated rings. The van der Waals surface area contributed by atoms with Gasteiger partial charge in [0.25, 0.3) is 5.91 Å². The minimum Gasteiger partial charge on any atom is -0.486 e. The van der Waals surface area contributed by atoms with Crippen LogP contribution in [0.5, 0.6) is 11.5 Å². The zero-order chi connectivity index (χ0) is 17.1. The topological polar surface area (TPSA) is 90.7 Å². The summed E-state index contributed by atoms with van der Waals surface area (Å²) >= 11 is 6.16. The second-order valence-electron chi connectivity index (χ2n) is 5.24. The zero-order valence-electron chi connectivity index (χ0n) is 12.7. The summed E-state index contributed by atoms with van der Waals surface area (Å²) in [6, 6.07) is 9.95. The van der Waals surface area contributed by atoms with Crippen molar-refractivity contribution in [2.75, 3.05) is 18.5 Å². The molecular weight excluding hydrogens is 332 g/mol. The molecule has 3 rings (SSSR count). The van der Waals surface area contributed by atoms with Gasteiger partial charge < -0.3 is 20.5 Å². The van der Waals surface area contributed by atoms with Crippen LogP contribution in [0.4, 0.5) is 5.69 Å². The highest BCUT2D eigenvalue weighted by Crippen LogP contribution is 2.38. The van der Waals surface area contributed by atoms with Gasteiger partial charge in [-0.1, -0.05) is 23.7 Å². The number of rotatable bonds is 4. The summed E-state index contributed by atoms with van der Waals surface area (Å²) < 4.78 is 10.9. The number of carbonyl (C=O) groups is 2. The van der Waals surface area contributed by atoms with Crippen LogP contribution in [0.2, 0.25) is 5.02 Å². The third kappa shape index (κ3) is 3.44. The molecular formula is C17H15ClN2O4. The predicted octanol–water partition coefficient (Wildman–Crippen LogP) is 2.39. The van der Waals surface area contributed by atoms with Gasteiger partial charge in [-0.25, -0.2) is 0 Å². The average molecular weight is 347 g/mol. The van der Waals surface area contributed by atoms with E-state index < -0.39 is 5.91 Å². The Bertz CT molecular complexity index is 807. The number of nitrogens with one attached hydrogen (secondary N) is 1. The Balaban J connectivity index is 1.76. The van der Waals surface area contributed by atoms with E-state index in [0.717, 1.165) is 0 Å². The molecule has 0 saturated heterocycles. The van der Waals surface area contributed by atoms with E-state index in [0.29, 0.717) is 41.0 Å². The molecule has 6 nitrogen and oxygen atoms in total. The number of halogens is 1. The fraction of sp³-hybridized carbons (Fsp3) is 0.176. The Morgan fingerprint density at radius 1 is 1.17 bits per heavy atom. The third-order valence-electron chi connectivity index (χ3n) is 3.49. The Hall–Kier alpha value is -2.73. The molecule has 0 saturated carbocycles. The molecule has 1 heterocycles. The summed E-state index contributed by atoms with van der Waals surface area (Å²) in [7, 11) is 0. The lowest BCUT2D eigenvalue weighted by Crippen LogP contribution is -2.20. The van der Waals surface area contributed by atoms with Crippen LogP contribution in [0, 0.1) is 0 Å². The number of ether oxygens (including phenoxy) is 2. The van der Waals surface area contributed by atoms with Gasteiger partial charge in [-0.05, 0) is 29.8 Å². The van der Waals surface area contributed by atoms with Gasteiger partial charge in [-0.2, -0.15) is 0 Å². The number of primary amides is 1. The number of amides is 2. The minimum atomic E-state index is -0.603. The number of para-hydroxylation sites is 1. The average Bonchev–Trinajstić information content (AvgIpc) is 2.55. The maximum Gasteiger partial charge on any atom is 0.250 e. The first-order valence-corrected chi connectivity index (χ1v) is 7.69. The normalized spacial score (nSPS) is 12.5. The predicted molar refractivity (Wildman–Crippen MR) is 89.7 cm³/mol. The van der Waals surface area contributed by atoms with Crippen molar-refractivity contribution in [2.45, 2.75) is 6.42 Å². The number of benzene rings is 2. The van der Waals surface area contributed by atoms with Gasteiger partial charge in [0, 0.05) is 0 Å². The van der Waals surface area contributed by atoms with Crippen LogP contribution in [0.1, 0.15) is 15.9 Å². The first-order valence-electron chi connectivity index (χ1n) is 7.31. The minimum absolute atomic E-state index is 0.0729. The van der Waals surface area contributed by atoms with Gasteiger partial charge in [0.2, 0.25) is 5.91 Å². The summed E-state index contributed by atoms with van der Waals surface area (Å²) in [5, 5.41) is 3.08. The quantitative estimate of drug-likeness (QED) is 0.889. The largest absolute Gasteiger partial charge is 0.486 e. The summed E-state index contributed by atoms with van der Waals surface area (Å²) in [5.74, 6) is 0.116. The van der Waals surface area contributed by atoms with E-state index >= 15 is 0 Å². The van der Waals surface area contributed by atoms with Crippen LogP contribution in [-0.4, -0.2) is 25.0 Å². The van der Waals surface area contributed by atoms with Crippen molar-refractivity contribution in [3.63, 3.8) is 0 Å². The Kier molecular flexibility index (Phi) is 4.57. The van der Waals surface area contributed by atoms with Crippen LogP contribution in [-0.2, 0) is 11.2 Å². The third-order valence-corrected chi connectivity index (χ3v) is 3.77. The molecule has 0 spiro atoms. The molecule has 0 unspecified atom stereocenters. The fourth-order valence-electron chi connectivity index (χ4n) is 2.45. The van der Waals surface area contributed by atoms with Gasteiger partial charge in [-0.3, -0.25) is 9.59 Å². The molecule has 2 aromatic carbocycles. The van der Waals surface area contributed by atoms with Gasteiger partial charge in [0.15, 0.2) is 11.5 Å². The number of anilines is 1. The van der Waals surface area contributed by atoms with Crippen LogP contribution >= 0.6 is 11.6 Å². The van der Waals surface area contributed by atoms with Gasteiger partial charge >= 0.3 is 0 Å². The van der Waals surface area contributed by atoms with Crippen LogP contribution in [0.3, 0.4) is 0 Å². The van der Waals surface area contributed by atoms with E-state index in [-0.39, 0.29) is 17.9 Å². The van der Waals surface area contributed by atoms with E-state index in [9.17, 15) is 9.59 Å². The highest BCUT2D eigenvalue weighted by molar-refractivity contribution is 6.32. The van der Waals surface area contributed by atoms with Crippen molar-refractivity contribution >= 4 is 29.1 Å². The molecule has 7 heteroatoms. The number of hydrogen-bond acceptors (Lipinski definition) is 4. The van der Waals surface area contributed by atoms with Crippen LogP contribution < -0.4 is 20.5 Å². The summed E-state index contributed by atoms with van der Waals surface area (Å²) in [4.78, 5) is 23.6. The maximum atomic E-state index is 12.3. The van der Waals surface area contributed by atoms with Crippen molar-refractivity contribution < 1.29 is 19.1 Å². The maximum absolute atomic E-state index is 12.3. The molecule has 0 radical (unpaired) electrons. The molecule has 2 amide bonds. The van der Waals surface area contributed by atoms with E-state index in [2.05, 4.69) is 5.32 Å². The van der Waals surface area contributed by atoms with Crippen LogP contribution in [0.15, 0.2) is 36.4 Å². The first kappa shape index (κ1) is 16.1. The van der Waals surface area contributed by atoms with Gasteiger partial charge in [0.05, 0.1) is 22.7 Å². The van der Waals surface area contributed by atoms with Gasteiger partial charge in [-0.15, -0.1) is 0 Å². The summed E-state index contributed by atoms with van der Waals surface area (Å²) in [6.07, 6.45) is 0.0729. The highest BCUT2D eigenvalue weighted by atomic mass is 35.5. The lowest BCUT2D eigenvalue weighted by molar-refractivity contribution is -0.115. The fourth-order valence-corrected chi connectivity index (χ4v) is 2.74. The molecule has 24 heavy (non-hydrogen) atoms. The molecule has 124 valence electrons. The molecule has 0 aliphatic carbocycles. The smallest absolute Gasteiger partial charge is 0.250 e. The Morgan fingerprint density at radius 2 is 1.92 bits per heavy atom. The van der Waals surface area contributed by atoms with E-state index in [1.54, 1.807) is 36.4 Å². The SMILES string of the molecule is NC(=O)c1ccccc1NC(=O)Cc1cc(Cl)c2c(c1)OCCO2. The number of hydrogen-bond donors (Lipinski definition) is 2. The lowest BCUT2D eigenvalue weighted by Gasteiger charge is -2.20. The molecule has 0 atom stereocenters. The van der Waals surface area contributed by atoms with Gasteiger partial charge in [0.1, 0.15) is 13.2 Å². The Morgan fingerprint density at radius 3 is 2.71 bits per heavy atom. The monoisotopic (exact) mass is 346 g/mol. The Labute approximate surface area is 143 Å². The standard InChI is InChI=1S/C17H15ClN2O4/c18-12-7-10(8-14-16(12)24-6-5-23-14)9-15(21)20-13-4-2-1-3-11(13)17(19)22/h1-4,7-8H,5-6,9H2,(H2,19,22)(H,20,21). The van der Waals surface area contributed by atoms with Crippen molar-refractivity contribution in [1.82, 2.24) is 0 Å². The van der Waals surface area contributed by atoms with Crippen molar-refractivity contribution in [1.29, 1.82) is 0 Å². The lowest BCUT2D eigenvalue weighted by atomic mass is 10.1. The van der Waals surface area contributed by atoms with E-state index in [4.69, 9.17) is 26.8 Å². The molecule has 1 aliphatic rings. The summed E-state index contributed by atoms with van der Waals surface area (Å²) in [5.41, 5.74) is 6.61. The summed E-state index contributed by atoms with van der Waals surface area (Å²) in [6.45, 7) is 0.876. The molecule has 2 aromatic rings. The molecule has 0 aromatic heterocycles. The highest BCUT2D eigenvalue weighted by Gasteiger charge is 2.18. The first-order chi connectivity index (χ1) is 11.5. The second-order valence-corrected chi connectivity index (χ2v) is 5.64. The molecule has 0 bridgehead atoms. The number of nitrogens with two attached hydrogens (primary N) is 1. The second kappa shape index (κ2) is 6.80. The number of fused-ring (bicyclic) bond motifs is 1. The van der Waals surface area contributed by atoms with E-state index in [1.165, 1.54) is 0 Å². The zero-order valence-corrected chi connectivity index (χ0v) is 13.4. The van der Waals surface area contributed by atoms with Crippen molar-refractivity contribution in [3.8, 4) is 11.5 Å². The molecule has 1 aliphatic heterocycles. The van der Waals surface area contributed by atoms with Crippen molar-refractivity contribution in [2.24, 2.45) is 5.73 Å². The molecule has 3 N–H and O–H groups in total. The van der Waals surface area contributed by atoms with E-state index in [1.807, 2.05) is 0 Å². The number of carbonyl (C=O) groups excluding carboxylic acids is 2.